The number of morpholine rings is 1. The molecule has 7 nitrogen and oxygen atoms in total. The number of hydrogen-bond donors (Lipinski definition) is 0. The molecule has 28 heavy (non-hydrogen) atoms. The minimum atomic E-state index is -0.587. The number of benzene rings is 1. The number of carbonyl (C=O) groups excluding carboxylic acids is 1. The Morgan fingerprint density at radius 2 is 1.79 bits per heavy atom. The number of anilines is 1. The highest BCUT2D eigenvalue weighted by Crippen LogP contribution is 2.29. The third-order valence-electron chi connectivity index (χ3n) is 4.51. The highest BCUT2D eigenvalue weighted by atomic mass is 16.6. The van der Waals surface area contributed by atoms with Crippen molar-refractivity contribution in [3.8, 4) is 11.3 Å². The summed E-state index contributed by atoms with van der Waals surface area (Å²) in [6.07, 6.45) is 3.10. The van der Waals surface area contributed by atoms with Crippen LogP contribution in [0.25, 0.3) is 22.2 Å². The molecule has 0 spiro atoms. The summed E-state index contributed by atoms with van der Waals surface area (Å²) in [4.78, 5) is 24.1. The zero-order chi connectivity index (χ0) is 19.7. The topological polar surface area (TPSA) is 69.5 Å². The van der Waals surface area contributed by atoms with Crippen molar-refractivity contribution in [2.75, 3.05) is 31.2 Å². The van der Waals surface area contributed by atoms with E-state index < -0.39 is 11.7 Å². The van der Waals surface area contributed by atoms with Crippen molar-refractivity contribution in [1.82, 2.24) is 14.5 Å². The van der Waals surface area contributed by atoms with E-state index in [0.29, 0.717) is 24.9 Å². The highest BCUT2D eigenvalue weighted by Gasteiger charge is 2.23. The van der Waals surface area contributed by atoms with Gasteiger partial charge in [0.05, 0.1) is 24.4 Å². The normalized spacial score (nSPS) is 15.0. The van der Waals surface area contributed by atoms with E-state index in [1.807, 2.05) is 51.1 Å². The fourth-order valence-electron chi connectivity index (χ4n) is 3.25. The number of fused-ring (bicyclic) bond motifs is 1. The van der Waals surface area contributed by atoms with Gasteiger partial charge in [-0.2, -0.15) is 0 Å². The quantitative estimate of drug-likeness (QED) is 0.675. The number of ether oxygens (including phenoxy) is 2. The van der Waals surface area contributed by atoms with Crippen molar-refractivity contribution in [1.29, 1.82) is 0 Å². The zero-order valence-corrected chi connectivity index (χ0v) is 16.4. The second-order valence-electron chi connectivity index (χ2n) is 7.78. The van der Waals surface area contributed by atoms with Gasteiger partial charge in [-0.05, 0) is 32.9 Å². The molecule has 1 aliphatic heterocycles. The Balaban J connectivity index is 1.73. The number of carbonyl (C=O) groups is 1. The van der Waals surface area contributed by atoms with Crippen molar-refractivity contribution < 1.29 is 14.3 Å². The van der Waals surface area contributed by atoms with E-state index >= 15 is 0 Å². The average Bonchev–Trinajstić information content (AvgIpc) is 3.07. The minimum absolute atomic E-state index is 0.416. The standard InChI is InChI=1S/C21H24N4O3/c1-21(2,3)28-20(26)25-17-7-5-4-6-15(17)12-18(25)16-13-22-19(23-14-16)24-8-10-27-11-9-24/h4-7,12-14H,8-11H2,1-3H3. The Morgan fingerprint density at radius 1 is 1.11 bits per heavy atom. The van der Waals surface area contributed by atoms with Crippen LogP contribution in [-0.2, 0) is 9.47 Å². The molecule has 0 amide bonds. The molecule has 0 radical (unpaired) electrons. The molecule has 0 N–H and O–H groups in total. The first kappa shape index (κ1) is 18.4. The lowest BCUT2D eigenvalue weighted by molar-refractivity contribution is 0.0547. The Bertz CT molecular complexity index is 983. The summed E-state index contributed by atoms with van der Waals surface area (Å²) < 4.78 is 12.6. The second-order valence-corrected chi connectivity index (χ2v) is 7.78. The summed E-state index contributed by atoms with van der Waals surface area (Å²) in [5.41, 5.74) is 1.68. The van der Waals surface area contributed by atoms with Crippen LogP contribution >= 0.6 is 0 Å². The van der Waals surface area contributed by atoms with E-state index in [1.165, 1.54) is 0 Å². The summed E-state index contributed by atoms with van der Waals surface area (Å²) in [6, 6.07) is 9.70. The molecule has 1 fully saturated rings. The molecule has 4 rings (SSSR count). The molecular formula is C21H24N4O3. The lowest BCUT2D eigenvalue weighted by Gasteiger charge is -2.26. The van der Waals surface area contributed by atoms with Crippen molar-refractivity contribution in [3.05, 3.63) is 42.7 Å². The highest BCUT2D eigenvalue weighted by molar-refractivity contribution is 5.96. The van der Waals surface area contributed by atoms with Crippen LogP contribution in [-0.4, -0.2) is 52.5 Å². The monoisotopic (exact) mass is 380 g/mol. The van der Waals surface area contributed by atoms with E-state index in [0.717, 1.165) is 29.6 Å². The van der Waals surface area contributed by atoms with Crippen LogP contribution in [0.15, 0.2) is 42.7 Å². The number of nitrogens with zero attached hydrogens (tertiary/aromatic N) is 4. The van der Waals surface area contributed by atoms with Crippen LogP contribution in [0.4, 0.5) is 10.7 Å². The largest absolute Gasteiger partial charge is 0.443 e. The molecule has 1 aromatic carbocycles. The third kappa shape index (κ3) is 3.71. The maximum atomic E-state index is 12.9. The van der Waals surface area contributed by atoms with Gasteiger partial charge in [0.25, 0.3) is 0 Å². The predicted octanol–water partition coefficient (Wildman–Crippen LogP) is 3.72. The first-order valence-corrected chi connectivity index (χ1v) is 9.41. The first-order valence-electron chi connectivity index (χ1n) is 9.41. The van der Waals surface area contributed by atoms with Crippen molar-refractivity contribution in [3.63, 3.8) is 0 Å². The number of para-hydroxylation sites is 1. The van der Waals surface area contributed by atoms with Crippen LogP contribution < -0.4 is 4.90 Å². The van der Waals surface area contributed by atoms with Gasteiger partial charge in [0.2, 0.25) is 5.95 Å². The van der Waals surface area contributed by atoms with E-state index in [-0.39, 0.29) is 0 Å². The summed E-state index contributed by atoms with van der Waals surface area (Å²) >= 11 is 0. The molecule has 3 aromatic rings. The minimum Gasteiger partial charge on any atom is -0.443 e. The van der Waals surface area contributed by atoms with Gasteiger partial charge in [0.1, 0.15) is 5.60 Å². The molecule has 146 valence electrons. The predicted molar refractivity (Wildman–Crippen MR) is 108 cm³/mol. The van der Waals surface area contributed by atoms with E-state index in [2.05, 4.69) is 14.9 Å². The molecule has 2 aromatic heterocycles. The number of hydrogen-bond acceptors (Lipinski definition) is 6. The fraction of sp³-hybridized carbons (Fsp3) is 0.381. The Kier molecular flexibility index (Phi) is 4.77. The summed E-state index contributed by atoms with van der Waals surface area (Å²) in [6.45, 7) is 8.48. The van der Waals surface area contributed by atoms with Crippen molar-refractivity contribution >= 4 is 22.9 Å². The van der Waals surface area contributed by atoms with Crippen LogP contribution in [0.3, 0.4) is 0 Å². The maximum absolute atomic E-state index is 12.9. The Labute approximate surface area is 163 Å². The molecule has 1 aliphatic rings. The van der Waals surface area contributed by atoms with Crippen molar-refractivity contribution in [2.24, 2.45) is 0 Å². The van der Waals surface area contributed by atoms with Crippen molar-refractivity contribution in [2.45, 2.75) is 26.4 Å². The molecule has 0 atom stereocenters. The van der Waals surface area contributed by atoms with Gasteiger partial charge in [-0.15, -0.1) is 0 Å². The van der Waals surface area contributed by atoms with Crippen LogP contribution in [0, 0.1) is 0 Å². The summed E-state index contributed by atoms with van der Waals surface area (Å²) in [7, 11) is 0. The van der Waals surface area contributed by atoms with E-state index in [1.54, 1.807) is 17.0 Å². The van der Waals surface area contributed by atoms with Gasteiger partial charge in [-0.1, -0.05) is 18.2 Å². The lowest BCUT2D eigenvalue weighted by atomic mass is 10.2. The molecule has 0 aliphatic carbocycles. The number of aromatic nitrogens is 3. The van der Waals surface area contributed by atoms with Gasteiger partial charge in [-0.3, -0.25) is 0 Å². The van der Waals surface area contributed by atoms with Gasteiger partial charge in [-0.25, -0.2) is 19.3 Å². The Hall–Kier alpha value is -2.93. The molecule has 3 heterocycles. The third-order valence-corrected chi connectivity index (χ3v) is 4.51. The second kappa shape index (κ2) is 7.24. The van der Waals surface area contributed by atoms with Crippen LogP contribution in [0.5, 0.6) is 0 Å². The molecule has 0 saturated carbocycles. The lowest BCUT2D eigenvalue weighted by Crippen LogP contribution is -2.37. The van der Waals surface area contributed by atoms with Crippen LogP contribution in [0.2, 0.25) is 0 Å². The summed E-state index contributed by atoms with van der Waals surface area (Å²) in [5, 5.41) is 0.959. The van der Waals surface area contributed by atoms with Gasteiger partial charge in [0, 0.05) is 36.4 Å². The SMILES string of the molecule is CC(C)(C)OC(=O)n1c(-c2cnc(N3CCOCC3)nc2)cc2ccccc21. The van der Waals surface area contributed by atoms with Gasteiger partial charge in [0.15, 0.2) is 0 Å². The smallest absolute Gasteiger partial charge is 0.419 e. The molecule has 1 saturated heterocycles. The van der Waals surface area contributed by atoms with Gasteiger partial charge < -0.3 is 14.4 Å². The Morgan fingerprint density at radius 3 is 2.46 bits per heavy atom. The van der Waals surface area contributed by atoms with Crippen LogP contribution in [0.1, 0.15) is 20.8 Å². The van der Waals surface area contributed by atoms with Gasteiger partial charge >= 0.3 is 6.09 Å². The fourth-order valence-corrected chi connectivity index (χ4v) is 3.25. The first-order chi connectivity index (χ1) is 13.4. The van der Waals surface area contributed by atoms with E-state index in [9.17, 15) is 4.79 Å². The molecule has 0 unspecified atom stereocenters. The zero-order valence-electron chi connectivity index (χ0n) is 16.4. The molecule has 7 heteroatoms. The van der Waals surface area contributed by atoms with E-state index in [4.69, 9.17) is 9.47 Å². The summed E-state index contributed by atoms with van der Waals surface area (Å²) in [5.74, 6) is 0.673. The maximum Gasteiger partial charge on any atom is 0.419 e. The molecular weight excluding hydrogens is 356 g/mol. The number of rotatable bonds is 2. The molecule has 0 bridgehead atoms. The average molecular weight is 380 g/mol.